The van der Waals surface area contributed by atoms with Crippen LogP contribution in [0.15, 0.2) is 53.0 Å². The quantitative estimate of drug-likeness (QED) is 0.876. The van der Waals surface area contributed by atoms with Crippen molar-refractivity contribution in [2.45, 2.75) is 13.8 Å². The Kier molecular flexibility index (Phi) is 3.29. The average Bonchev–Trinajstić information content (AvgIpc) is 3.12. The third-order valence-corrected chi connectivity index (χ3v) is 3.08. The lowest BCUT2D eigenvalue weighted by Crippen LogP contribution is -1.94. The van der Waals surface area contributed by atoms with Gasteiger partial charge in [0.05, 0.1) is 18.0 Å². The van der Waals surface area contributed by atoms with Crippen LogP contribution in [0.4, 0.5) is 0 Å². The molecule has 4 heteroatoms. The summed E-state index contributed by atoms with van der Waals surface area (Å²) >= 11 is 0. The largest absolute Gasteiger partial charge is 0.492 e. The molecule has 2 aromatic rings. The number of allylic oxidation sites excluding steroid dienone is 1. The molecule has 0 amide bonds. The molecule has 0 saturated carbocycles. The first-order valence-electron chi connectivity index (χ1n) is 6.71. The number of aromatic nitrogens is 2. The monoisotopic (exact) mass is 267 g/mol. The van der Waals surface area contributed by atoms with Gasteiger partial charge in [0.1, 0.15) is 11.5 Å². The second-order valence-corrected chi connectivity index (χ2v) is 4.65. The highest BCUT2D eigenvalue weighted by atomic mass is 16.5. The lowest BCUT2D eigenvalue weighted by Gasteiger charge is -2.03. The van der Waals surface area contributed by atoms with Gasteiger partial charge in [-0.05, 0) is 44.2 Å². The summed E-state index contributed by atoms with van der Waals surface area (Å²) in [5.41, 5.74) is 4.89. The minimum atomic E-state index is 0.625. The van der Waals surface area contributed by atoms with Crippen molar-refractivity contribution in [1.29, 1.82) is 0 Å². The van der Waals surface area contributed by atoms with Crippen LogP contribution in [-0.2, 0) is 4.74 Å². The number of aliphatic imine (C=N–C) groups is 1. The molecule has 0 atom stereocenters. The molecule has 0 unspecified atom stereocenters. The molecule has 4 nitrogen and oxygen atoms in total. The third-order valence-electron chi connectivity index (χ3n) is 3.08. The molecule has 20 heavy (non-hydrogen) atoms. The Labute approximate surface area is 117 Å². The first-order valence-corrected chi connectivity index (χ1v) is 6.71. The Bertz CT molecular complexity index is 687. The number of ether oxygens (including phenoxy) is 1. The highest BCUT2D eigenvalue weighted by Crippen LogP contribution is 2.24. The molecule has 0 aromatic carbocycles. The predicted molar refractivity (Wildman–Crippen MR) is 80.5 cm³/mol. The van der Waals surface area contributed by atoms with Gasteiger partial charge < -0.3 is 14.7 Å². The van der Waals surface area contributed by atoms with E-state index in [4.69, 9.17) is 4.74 Å². The number of nitrogens with zero attached hydrogens (tertiary/aromatic N) is 1. The van der Waals surface area contributed by atoms with Gasteiger partial charge in [-0.15, -0.1) is 0 Å². The first-order chi connectivity index (χ1) is 9.76. The van der Waals surface area contributed by atoms with E-state index in [1.807, 2.05) is 56.5 Å². The maximum atomic E-state index is 5.67. The van der Waals surface area contributed by atoms with Gasteiger partial charge in [-0.3, -0.25) is 0 Å². The molecule has 0 radical (unpaired) electrons. The molecule has 0 aliphatic carbocycles. The van der Waals surface area contributed by atoms with Gasteiger partial charge in [-0.1, -0.05) is 0 Å². The summed E-state index contributed by atoms with van der Waals surface area (Å²) in [5, 5.41) is 0. The van der Waals surface area contributed by atoms with E-state index in [-0.39, 0.29) is 0 Å². The molecular formula is C16H17N3O. The minimum Gasteiger partial charge on any atom is -0.492 e. The maximum absolute atomic E-state index is 5.67. The minimum absolute atomic E-state index is 0.625. The zero-order valence-electron chi connectivity index (χ0n) is 11.6. The number of aromatic amines is 2. The molecule has 0 saturated heterocycles. The number of aryl methyl sites for hydroxylation is 1. The van der Waals surface area contributed by atoms with Gasteiger partial charge in [0.25, 0.3) is 0 Å². The number of hydrogen-bond acceptors (Lipinski definition) is 2. The van der Waals surface area contributed by atoms with Crippen molar-refractivity contribution >= 4 is 11.8 Å². The van der Waals surface area contributed by atoms with E-state index in [0.29, 0.717) is 6.61 Å². The van der Waals surface area contributed by atoms with E-state index in [1.54, 1.807) is 0 Å². The second-order valence-electron chi connectivity index (χ2n) is 4.65. The number of nitrogens with one attached hydrogen (secondary N) is 2. The van der Waals surface area contributed by atoms with Crippen molar-refractivity contribution < 1.29 is 4.74 Å². The Morgan fingerprint density at radius 3 is 2.85 bits per heavy atom. The SMILES string of the molecule is CCOC1=CC(c2ccc[nH]2)=NC1=Cc1ccc(C)[nH]1. The van der Waals surface area contributed by atoms with E-state index in [2.05, 4.69) is 15.0 Å². The Morgan fingerprint density at radius 2 is 2.20 bits per heavy atom. The Balaban J connectivity index is 1.96. The highest BCUT2D eigenvalue weighted by Gasteiger charge is 2.17. The Morgan fingerprint density at radius 1 is 1.30 bits per heavy atom. The number of rotatable bonds is 4. The average molecular weight is 267 g/mol. The molecule has 1 aliphatic heterocycles. The van der Waals surface area contributed by atoms with Crippen molar-refractivity contribution in [3.63, 3.8) is 0 Å². The fourth-order valence-electron chi connectivity index (χ4n) is 2.17. The standard InChI is InChI=1S/C16H17N3O/c1-3-20-16-10-14(13-5-4-8-17-13)19-15(16)9-12-7-6-11(2)18-12/h4-10,17-18H,3H2,1-2H3. The summed E-state index contributed by atoms with van der Waals surface area (Å²) in [5.74, 6) is 0.810. The summed E-state index contributed by atoms with van der Waals surface area (Å²) < 4.78 is 5.67. The van der Waals surface area contributed by atoms with Gasteiger partial charge >= 0.3 is 0 Å². The molecule has 0 fully saturated rings. The van der Waals surface area contributed by atoms with Crippen LogP contribution in [0.1, 0.15) is 24.0 Å². The van der Waals surface area contributed by atoms with Gasteiger partial charge in [0, 0.05) is 23.7 Å². The van der Waals surface area contributed by atoms with Crippen molar-refractivity contribution in [3.05, 3.63) is 65.1 Å². The second kappa shape index (κ2) is 5.25. The molecule has 0 bridgehead atoms. The molecule has 102 valence electrons. The summed E-state index contributed by atoms with van der Waals surface area (Å²) in [6.07, 6.45) is 5.86. The van der Waals surface area contributed by atoms with E-state index in [1.165, 1.54) is 0 Å². The van der Waals surface area contributed by atoms with Crippen LogP contribution in [0.25, 0.3) is 6.08 Å². The summed E-state index contributed by atoms with van der Waals surface area (Å²) in [6, 6.07) is 8.04. The van der Waals surface area contributed by atoms with Crippen LogP contribution in [0.2, 0.25) is 0 Å². The fraction of sp³-hybridized carbons (Fsp3) is 0.188. The lowest BCUT2D eigenvalue weighted by atomic mass is 10.2. The highest BCUT2D eigenvalue weighted by molar-refractivity contribution is 6.11. The first kappa shape index (κ1) is 12.5. The van der Waals surface area contributed by atoms with Crippen LogP contribution in [0.5, 0.6) is 0 Å². The van der Waals surface area contributed by atoms with Crippen molar-refractivity contribution in [2.75, 3.05) is 6.61 Å². The van der Waals surface area contributed by atoms with Crippen LogP contribution in [0, 0.1) is 6.92 Å². The molecule has 3 heterocycles. The van der Waals surface area contributed by atoms with Gasteiger partial charge in [-0.25, -0.2) is 4.99 Å². The maximum Gasteiger partial charge on any atom is 0.147 e. The molecule has 2 N–H and O–H groups in total. The topological polar surface area (TPSA) is 53.2 Å². The van der Waals surface area contributed by atoms with Crippen molar-refractivity contribution in [1.82, 2.24) is 9.97 Å². The number of H-pyrrole nitrogens is 2. The Hall–Kier alpha value is -2.49. The van der Waals surface area contributed by atoms with Gasteiger partial charge in [-0.2, -0.15) is 0 Å². The molecule has 1 aliphatic rings. The van der Waals surface area contributed by atoms with Crippen molar-refractivity contribution in [2.24, 2.45) is 4.99 Å². The normalized spacial score (nSPS) is 16.4. The summed E-state index contributed by atoms with van der Waals surface area (Å²) in [6.45, 7) is 4.63. The zero-order valence-corrected chi connectivity index (χ0v) is 11.6. The van der Waals surface area contributed by atoms with E-state index < -0.39 is 0 Å². The van der Waals surface area contributed by atoms with Crippen LogP contribution in [-0.4, -0.2) is 22.3 Å². The smallest absolute Gasteiger partial charge is 0.147 e. The van der Waals surface area contributed by atoms with Crippen molar-refractivity contribution in [3.8, 4) is 0 Å². The predicted octanol–water partition coefficient (Wildman–Crippen LogP) is 3.42. The molecule has 0 spiro atoms. The van der Waals surface area contributed by atoms with Gasteiger partial charge in [0.15, 0.2) is 0 Å². The number of hydrogen-bond donors (Lipinski definition) is 2. The van der Waals surface area contributed by atoms with E-state index in [9.17, 15) is 0 Å². The molecular weight excluding hydrogens is 250 g/mol. The van der Waals surface area contributed by atoms with Crippen LogP contribution in [0.3, 0.4) is 0 Å². The summed E-state index contributed by atoms with van der Waals surface area (Å²) in [4.78, 5) is 11.1. The zero-order chi connectivity index (χ0) is 13.9. The van der Waals surface area contributed by atoms with Crippen LogP contribution < -0.4 is 0 Å². The van der Waals surface area contributed by atoms with E-state index in [0.717, 1.165) is 34.2 Å². The molecule has 3 rings (SSSR count). The van der Waals surface area contributed by atoms with Crippen LogP contribution >= 0.6 is 0 Å². The van der Waals surface area contributed by atoms with E-state index >= 15 is 0 Å². The molecule has 2 aromatic heterocycles. The lowest BCUT2D eigenvalue weighted by molar-refractivity contribution is 0.239. The van der Waals surface area contributed by atoms with Gasteiger partial charge in [0.2, 0.25) is 0 Å². The third kappa shape index (κ3) is 2.45. The fourth-order valence-corrected chi connectivity index (χ4v) is 2.17. The summed E-state index contributed by atoms with van der Waals surface area (Å²) in [7, 11) is 0.